The van der Waals surface area contributed by atoms with Gasteiger partial charge in [-0.05, 0) is 67.4 Å². The van der Waals surface area contributed by atoms with Gasteiger partial charge in [0.15, 0.2) is 9.84 Å². The van der Waals surface area contributed by atoms with Gasteiger partial charge in [0.05, 0.1) is 9.64 Å². The maximum atomic E-state index is 13.4. The molecule has 3 fully saturated rings. The summed E-state index contributed by atoms with van der Waals surface area (Å²) in [5.41, 5.74) is 0. The summed E-state index contributed by atoms with van der Waals surface area (Å²) in [7, 11) is -3.27. The molecule has 0 amide bonds. The quantitative estimate of drug-likeness (QED) is 0.619. The molecule has 3 heteroatoms. The highest BCUT2D eigenvalue weighted by atomic mass is 32.2. The van der Waals surface area contributed by atoms with Crippen LogP contribution in [-0.2, 0) is 9.84 Å². The first-order valence-electron chi connectivity index (χ1n) is 8.12. The van der Waals surface area contributed by atoms with Crippen molar-refractivity contribution in [3.63, 3.8) is 0 Å². The van der Waals surface area contributed by atoms with Crippen LogP contribution in [0.2, 0.25) is 0 Å². The van der Waals surface area contributed by atoms with E-state index in [1.807, 2.05) is 18.2 Å². The number of fused-ring (bicyclic) bond motifs is 9. The van der Waals surface area contributed by atoms with Gasteiger partial charge in [-0.15, -0.1) is 0 Å². The Morgan fingerprint density at radius 3 is 2.62 bits per heavy atom. The normalized spacial score (nSPS) is 46.2. The summed E-state index contributed by atoms with van der Waals surface area (Å²) < 4.78 is 26.2. The van der Waals surface area contributed by atoms with Crippen molar-refractivity contribution in [1.29, 1.82) is 0 Å². The molecule has 1 aromatic carbocycles. The predicted molar refractivity (Wildman–Crippen MR) is 81.4 cm³/mol. The fourth-order valence-corrected chi connectivity index (χ4v) is 8.51. The minimum atomic E-state index is -3.27. The van der Waals surface area contributed by atoms with Crippen molar-refractivity contribution >= 4 is 9.84 Å². The Labute approximate surface area is 126 Å². The van der Waals surface area contributed by atoms with Crippen LogP contribution in [-0.4, -0.2) is 13.2 Å². The number of hydrogen-bond donors (Lipinski definition) is 0. The Balaban J connectivity index is 1.68. The van der Waals surface area contributed by atoms with Gasteiger partial charge in [-0.25, -0.2) is 8.42 Å². The SMILES string of the molecule is O=S(=O)(c1ccccc1)C12C=CC(C1)C1C3CCC(C3)C12. The van der Waals surface area contributed by atoms with Crippen molar-refractivity contribution in [3.05, 3.63) is 42.5 Å². The summed E-state index contributed by atoms with van der Waals surface area (Å²) in [6, 6.07) is 9.11. The van der Waals surface area contributed by atoms with E-state index in [9.17, 15) is 8.42 Å². The standard InChI is InChI=1S/C18H20O2S/c19-21(20,15-4-2-1-3-5-15)18-9-8-14(11-18)16-12-6-7-13(10-12)17(16)18/h1-5,8-9,12-14,16-17H,6-7,10-11H2. The zero-order valence-corrected chi connectivity index (χ0v) is 12.8. The van der Waals surface area contributed by atoms with Crippen molar-refractivity contribution in [3.8, 4) is 0 Å². The Kier molecular flexibility index (Phi) is 2.26. The van der Waals surface area contributed by atoms with Gasteiger partial charge in [0, 0.05) is 0 Å². The summed E-state index contributed by atoms with van der Waals surface area (Å²) in [4.78, 5) is 0.513. The Morgan fingerprint density at radius 1 is 1.05 bits per heavy atom. The molecule has 1 aromatic rings. The second-order valence-electron chi connectivity index (χ2n) is 7.43. The van der Waals surface area contributed by atoms with Crippen LogP contribution in [0.1, 0.15) is 25.7 Å². The number of benzene rings is 1. The Hall–Kier alpha value is -1.09. The second-order valence-corrected chi connectivity index (χ2v) is 9.67. The van der Waals surface area contributed by atoms with E-state index in [-0.39, 0.29) is 0 Å². The summed E-state index contributed by atoms with van der Waals surface area (Å²) in [6.45, 7) is 0. The van der Waals surface area contributed by atoms with Crippen LogP contribution in [0.4, 0.5) is 0 Å². The number of allylic oxidation sites excluding steroid dienone is 1. The lowest BCUT2D eigenvalue weighted by atomic mass is 9.73. The van der Waals surface area contributed by atoms with Crippen LogP contribution in [0.5, 0.6) is 0 Å². The van der Waals surface area contributed by atoms with Gasteiger partial charge in [0.25, 0.3) is 0 Å². The first-order valence-corrected chi connectivity index (χ1v) is 9.61. The largest absolute Gasteiger partial charge is 0.223 e. The van der Waals surface area contributed by atoms with Gasteiger partial charge in [-0.3, -0.25) is 0 Å². The third kappa shape index (κ3) is 1.32. The molecule has 21 heavy (non-hydrogen) atoms. The first kappa shape index (κ1) is 12.5. The highest BCUT2D eigenvalue weighted by Crippen LogP contribution is 2.69. The zero-order chi connectivity index (χ0) is 14.2. The highest BCUT2D eigenvalue weighted by Gasteiger charge is 2.68. The van der Waals surface area contributed by atoms with Crippen molar-refractivity contribution in [2.24, 2.45) is 29.6 Å². The van der Waals surface area contributed by atoms with Gasteiger partial charge in [0.2, 0.25) is 0 Å². The monoisotopic (exact) mass is 300 g/mol. The van der Waals surface area contributed by atoms with Crippen molar-refractivity contribution in [2.45, 2.75) is 35.3 Å². The van der Waals surface area contributed by atoms with Gasteiger partial charge < -0.3 is 0 Å². The smallest absolute Gasteiger partial charge is 0.187 e. The fraction of sp³-hybridized carbons (Fsp3) is 0.556. The zero-order valence-electron chi connectivity index (χ0n) is 12.0. The molecule has 0 aliphatic heterocycles. The molecule has 2 nitrogen and oxygen atoms in total. The van der Waals surface area contributed by atoms with Gasteiger partial charge in [0.1, 0.15) is 0 Å². The van der Waals surface area contributed by atoms with Gasteiger partial charge >= 0.3 is 0 Å². The molecule has 3 saturated carbocycles. The molecule has 6 unspecified atom stereocenters. The molecule has 4 bridgehead atoms. The molecule has 0 spiro atoms. The van der Waals surface area contributed by atoms with E-state index >= 15 is 0 Å². The summed E-state index contributed by atoms with van der Waals surface area (Å²) in [5.74, 6) is 2.99. The van der Waals surface area contributed by atoms with E-state index in [0.29, 0.717) is 28.6 Å². The number of rotatable bonds is 2. The van der Waals surface area contributed by atoms with E-state index in [1.165, 1.54) is 19.3 Å². The van der Waals surface area contributed by atoms with Crippen molar-refractivity contribution in [2.75, 3.05) is 0 Å². The average molecular weight is 300 g/mol. The van der Waals surface area contributed by atoms with Gasteiger partial charge in [-0.1, -0.05) is 30.4 Å². The minimum Gasteiger partial charge on any atom is -0.223 e. The maximum Gasteiger partial charge on any atom is 0.187 e. The average Bonchev–Trinajstić information content (AvgIpc) is 3.26. The lowest BCUT2D eigenvalue weighted by Gasteiger charge is -2.38. The molecule has 4 aliphatic carbocycles. The summed E-state index contributed by atoms with van der Waals surface area (Å²) in [6.07, 6.45) is 8.99. The Morgan fingerprint density at radius 2 is 1.81 bits per heavy atom. The molecular weight excluding hydrogens is 280 g/mol. The van der Waals surface area contributed by atoms with E-state index in [4.69, 9.17) is 0 Å². The molecular formula is C18H20O2S. The molecule has 6 atom stereocenters. The topological polar surface area (TPSA) is 34.1 Å². The van der Waals surface area contributed by atoms with E-state index in [2.05, 4.69) is 12.2 Å². The summed E-state index contributed by atoms with van der Waals surface area (Å²) in [5, 5.41) is 0. The predicted octanol–water partition coefficient (Wildman–Crippen LogP) is 3.45. The van der Waals surface area contributed by atoms with Gasteiger partial charge in [-0.2, -0.15) is 0 Å². The third-order valence-electron chi connectivity index (χ3n) is 6.77. The second kappa shape index (κ2) is 3.81. The fourth-order valence-electron chi connectivity index (χ4n) is 6.18. The van der Waals surface area contributed by atoms with Crippen LogP contribution in [0, 0.1) is 29.6 Å². The number of hydrogen-bond acceptors (Lipinski definition) is 2. The van der Waals surface area contributed by atoms with E-state index in [1.54, 1.807) is 12.1 Å². The molecule has 0 radical (unpaired) electrons. The maximum absolute atomic E-state index is 13.4. The Bertz CT molecular complexity index is 721. The molecule has 0 heterocycles. The third-order valence-corrected chi connectivity index (χ3v) is 9.24. The summed E-state index contributed by atoms with van der Waals surface area (Å²) >= 11 is 0. The first-order chi connectivity index (χ1) is 10.1. The van der Waals surface area contributed by atoms with Crippen LogP contribution in [0.15, 0.2) is 47.4 Å². The van der Waals surface area contributed by atoms with E-state index < -0.39 is 14.6 Å². The van der Waals surface area contributed by atoms with Crippen LogP contribution in [0.25, 0.3) is 0 Å². The lowest BCUT2D eigenvalue weighted by molar-refractivity contribution is 0.212. The highest BCUT2D eigenvalue weighted by molar-refractivity contribution is 7.93. The van der Waals surface area contributed by atoms with Crippen LogP contribution < -0.4 is 0 Å². The van der Waals surface area contributed by atoms with Crippen LogP contribution >= 0.6 is 0 Å². The molecule has 0 saturated heterocycles. The minimum absolute atomic E-state index is 0.386. The molecule has 5 rings (SSSR count). The van der Waals surface area contributed by atoms with Crippen molar-refractivity contribution in [1.82, 2.24) is 0 Å². The molecule has 0 N–H and O–H groups in total. The van der Waals surface area contributed by atoms with E-state index in [0.717, 1.165) is 12.3 Å². The van der Waals surface area contributed by atoms with Crippen LogP contribution in [0.3, 0.4) is 0 Å². The number of sulfone groups is 1. The molecule has 4 aliphatic rings. The molecule has 110 valence electrons. The van der Waals surface area contributed by atoms with Crippen molar-refractivity contribution < 1.29 is 8.42 Å². The lowest BCUT2D eigenvalue weighted by Crippen LogP contribution is -2.44. The molecule has 0 aromatic heterocycles.